The van der Waals surface area contributed by atoms with E-state index in [1.807, 2.05) is 12.1 Å². The van der Waals surface area contributed by atoms with Crippen molar-refractivity contribution in [2.24, 2.45) is 0 Å². The number of aliphatic hydroxyl groups is 1. The minimum absolute atomic E-state index is 0.163. The molecule has 2 aliphatic heterocycles. The van der Waals surface area contributed by atoms with Crippen LogP contribution in [0.5, 0.6) is 0 Å². The van der Waals surface area contributed by atoms with E-state index in [-0.39, 0.29) is 30.8 Å². The Balaban J connectivity index is 1.55. The Morgan fingerprint density at radius 1 is 1.33 bits per heavy atom. The lowest BCUT2D eigenvalue weighted by Gasteiger charge is -2.17. The maximum absolute atomic E-state index is 12.5. The van der Waals surface area contributed by atoms with Gasteiger partial charge in [-0.2, -0.15) is 0 Å². The average Bonchev–Trinajstić information content (AvgIpc) is 3.17. The standard InChI is InChI=1S/C14H14N2O4S/c17-10-5-20-11-9(4-19-12(10)11)16-14(18)7-2-1-3-8-13(7)21-6-15-8/h1-3,6,9-12,17H,4-5H2,(H,16,18)/t9-,10-,11-,12-/m1/s1. The number of hydrogen-bond acceptors (Lipinski definition) is 6. The van der Waals surface area contributed by atoms with E-state index >= 15 is 0 Å². The highest BCUT2D eigenvalue weighted by Gasteiger charge is 2.47. The van der Waals surface area contributed by atoms with Crippen molar-refractivity contribution in [3.63, 3.8) is 0 Å². The van der Waals surface area contributed by atoms with Crippen LogP contribution < -0.4 is 5.32 Å². The Kier molecular flexibility index (Phi) is 3.15. The highest BCUT2D eigenvalue weighted by atomic mass is 32.1. The number of fused-ring (bicyclic) bond motifs is 2. The monoisotopic (exact) mass is 306 g/mol. The molecule has 2 aliphatic rings. The fourth-order valence-electron chi connectivity index (χ4n) is 2.91. The van der Waals surface area contributed by atoms with Crippen LogP contribution in [-0.2, 0) is 9.47 Å². The highest BCUT2D eigenvalue weighted by Crippen LogP contribution is 2.28. The number of aliphatic hydroxyl groups excluding tert-OH is 1. The van der Waals surface area contributed by atoms with Crippen LogP contribution in [0.25, 0.3) is 10.2 Å². The quantitative estimate of drug-likeness (QED) is 0.847. The number of benzene rings is 1. The molecule has 1 aromatic carbocycles. The fraction of sp³-hybridized carbons (Fsp3) is 0.429. The summed E-state index contributed by atoms with van der Waals surface area (Å²) in [6.45, 7) is 0.614. The molecule has 21 heavy (non-hydrogen) atoms. The molecule has 2 fully saturated rings. The van der Waals surface area contributed by atoms with Gasteiger partial charge in [0, 0.05) is 0 Å². The third kappa shape index (κ3) is 2.13. The van der Waals surface area contributed by atoms with Crippen LogP contribution in [0.15, 0.2) is 23.7 Å². The van der Waals surface area contributed by atoms with Crippen LogP contribution in [-0.4, -0.2) is 53.6 Å². The first-order valence-electron chi connectivity index (χ1n) is 6.78. The third-order valence-corrected chi connectivity index (χ3v) is 4.82. The number of ether oxygens (including phenoxy) is 2. The van der Waals surface area contributed by atoms with E-state index in [2.05, 4.69) is 10.3 Å². The summed E-state index contributed by atoms with van der Waals surface area (Å²) in [5, 5.41) is 12.7. The van der Waals surface area contributed by atoms with E-state index in [9.17, 15) is 9.90 Å². The second kappa shape index (κ2) is 5.03. The lowest BCUT2D eigenvalue weighted by molar-refractivity contribution is 0.0178. The lowest BCUT2D eigenvalue weighted by atomic mass is 10.1. The van der Waals surface area contributed by atoms with Crippen molar-refractivity contribution in [2.75, 3.05) is 13.2 Å². The molecule has 110 valence electrons. The van der Waals surface area contributed by atoms with Crippen molar-refractivity contribution < 1.29 is 19.4 Å². The average molecular weight is 306 g/mol. The Bertz CT molecular complexity index is 688. The van der Waals surface area contributed by atoms with Crippen LogP contribution in [0.4, 0.5) is 0 Å². The van der Waals surface area contributed by atoms with Crippen molar-refractivity contribution >= 4 is 27.5 Å². The smallest absolute Gasteiger partial charge is 0.253 e. The summed E-state index contributed by atoms with van der Waals surface area (Å²) >= 11 is 1.45. The molecule has 3 heterocycles. The predicted octanol–water partition coefficient (Wildman–Crippen LogP) is 0.553. The molecule has 0 saturated carbocycles. The molecule has 0 bridgehead atoms. The van der Waals surface area contributed by atoms with Gasteiger partial charge < -0.3 is 19.9 Å². The van der Waals surface area contributed by atoms with Gasteiger partial charge >= 0.3 is 0 Å². The molecule has 7 heteroatoms. The zero-order chi connectivity index (χ0) is 14.4. The number of aromatic nitrogens is 1. The first kappa shape index (κ1) is 13.1. The van der Waals surface area contributed by atoms with E-state index in [0.717, 1.165) is 10.2 Å². The maximum atomic E-state index is 12.5. The summed E-state index contributed by atoms with van der Waals surface area (Å²) in [5.41, 5.74) is 3.16. The molecule has 2 N–H and O–H groups in total. The van der Waals surface area contributed by atoms with Crippen LogP contribution >= 0.6 is 11.3 Å². The molecule has 1 aromatic heterocycles. The van der Waals surface area contributed by atoms with Gasteiger partial charge in [0.2, 0.25) is 0 Å². The van der Waals surface area contributed by atoms with Crippen molar-refractivity contribution in [3.05, 3.63) is 29.3 Å². The molecule has 0 unspecified atom stereocenters. The zero-order valence-corrected chi connectivity index (χ0v) is 11.9. The van der Waals surface area contributed by atoms with Gasteiger partial charge in [0.1, 0.15) is 18.3 Å². The van der Waals surface area contributed by atoms with Crippen molar-refractivity contribution in [3.8, 4) is 0 Å². The molecular formula is C14H14N2O4S. The van der Waals surface area contributed by atoms with Gasteiger partial charge in [-0.25, -0.2) is 4.98 Å². The van der Waals surface area contributed by atoms with Gasteiger partial charge in [-0.1, -0.05) is 6.07 Å². The first-order chi connectivity index (χ1) is 10.2. The predicted molar refractivity (Wildman–Crippen MR) is 76.4 cm³/mol. The number of carbonyl (C=O) groups excluding carboxylic acids is 1. The van der Waals surface area contributed by atoms with E-state index < -0.39 is 6.10 Å². The van der Waals surface area contributed by atoms with Gasteiger partial charge in [0.05, 0.1) is 40.5 Å². The van der Waals surface area contributed by atoms with Crippen molar-refractivity contribution in [2.45, 2.75) is 24.4 Å². The van der Waals surface area contributed by atoms with E-state index in [1.54, 1.807) is 11.6 Å². The number of rotatable bonds is 2. The summed E-state index contributed by atoms with van der Waals surface area (Å²) in [6.07, 6.45) is -1.22. The van der Waals surface area contributed by atoms with Gasteiger partial charge in [0.25, 0.3) is 5.91 Å². The first-order valence-corrected chi connectivity index (χ1v) is 7.66. The summed E-state index contributed by atoms with van der Waals surface area (Å²) < 4.78 is 11.9. The topological polar surface area (TPSA) is 80.7 Å². The third-order valence-electron chi connectivity index (χ3n) is 3.94. The second-order valence-electron chi connectivity index (χ2n) is 5.25. The summed E-state index contributed by atoms with van der Waals surface area (Å²) in [7, 11) is 0. The molecule has 6 nitrogen and oxygen atoms in total. The molecular weight excluding hydrogens is 292 g/mol. The van der Waals surface area contributed by atoms with E-state index in [4.69, 9.17) is 9.47 Å². The van der Waals surface area contributed by atoms with Gasteiger partial charge in [-0.05, 0) is 12.1 Å². The zero-order valence-electron chi connectivity index (χ0n) is 11.1. The number of carbonyl (C=O) groups is 1. The molecule has 0 aliphatic carbocycles. The fourth-order valence-corrected chi connectivity index (χ4v) is 3.71. The largest absolute Gasteiger partial charge is 0.388 e. The summed E-state index contributed by atoms with van der Waals surface area (Å²) in [6, 6.07) is 5.25. The molecule has 0 radical (unpaired) electrons. The maximum Gasteiger partial charge on any atom is 0.253 e. The van der Waals surface area contributed by atoms with Crippen LogP contribution in [0.3, 0.4) is 0 Å². The minimum atomic E-state index is -0.609. The number of nitrogens with zero attached hydrogens (tertiary/aromatic N) is 1. The van der Waals surface area contributed by atoms with Crippen LogP contribution in [0, 0.1) is 0 Å². The Hall–Kier alpha value is -1.54. The number of hydrogen-bond donors (Lipinski definition) is 2. The Morgan fingerprint density at radius 3 is 3.10 bits per heavy atom. The SMILES string of the molecule is O=C(N[C@@H]1CO[C@H]2[C@@H]1OC[C@H]2O)c1cccc2ncsc12. The van der Waals surface area contributed by atoms with E-state index in [1.165, 1.54) is 11.3 Å². The molecule has 2 aromatic rings. The molecule has 4 atom stereocenters. The van der Waals surface area contributed by atoms with E-state index in [0.29, 0.717) is 12.2 Å². The number of nitrogens with one attached hydrogen (secondary N) is 1. The molecule has 2 saturated heterocycles. The summed E-state index contributed by atoms with van der Waals surface area (Å²) in [4.78, 5) is 16.7. The summed E-state index contributed by atoms with van der Waals surface area (Å²) in [5.74, 6) is -0.163. The van der Waals surface area contributed by atoms with Crippen LogP contribution in [0.1, 0.15) is 10.4 Å². The second-order valence-corrected chi connectivity index (χ2v) is 6.10. The highest BCUT2D eigenvalue weighted by molar-refractivity contribution is 7.17. The Morgan fingerprint density at radius 2 is 2.19 bits per heavy atom. The lowest BCUT2D eigenvalue weighted by Crippen LogP contribution is -2.44. The van der Waals surface area contributed by atoms with Crippen LogP contribution in [0.2, 0.25) is 0 Å². The van der Waals surface area contributed by atoms with Crippen molar-refractivity contribution in [1.82, 2.24) is 10.3 Å². The van der Waals surface area contributed by atoms with Gasteiger partial charge in [-0.15, -0.1) is 11.3 Å². The Labute approximate surface area is 124 Å². The molecule has 0 spiro atoms. The number of amides is 1. The minimum Gasteiger partial charge on any atom is -0.388 e. The van der Waals surface area contributed by atoms with Gasteiger partial charge in [-0.3, -0.25) is 4.79 Å². The van der Waals surface area contributed by atoms with Crippen molar-refractivity contribution in [1.29, 1.82) is 0 Å². The molecule has 1 amide bonds. The normalized spacial score (nSPS) is 31.5. The molecule has 4 rings (SSSR count). The van der Waals surface area contributed by atoms with Gasteiger partial charge in [0.15, 0.2) is 0 Å². The number of thiazole rings is 1.